The third-order valence-electron chi connectivity index (χ3n) is 2.50. The Bertz CT molecular complexity index is 329. The van der Waals surface area contributed by atoms with Gasteiger partial charge in [-0.25, -0.2) is 0 Å². The SMILES string of the molecule is CC(C)[C@H](N)C(=O)OCCSSCCOC(=O)C(C)(C)C. The van der Waals surface area contributed by atoms with E-state index in [9.17, 15) is 9.59 Å². The normalized spacial score (nSPS) is 13.1. The second-order valence-electron chi connectivity index (χ2n) is 5.97. The zero-order chi connectivity index (χ0) is 16.5. The molecule has 0 heterocycles. The lowest BCUT2D eigenvalue weighted by atomic mass is 9.97. The Morgan fingerprint density at radius 2 is 1.52 bits per heavy atom. The highest BCUT2D eigenvalue weighted by atomic mass is 33.1. The van der Waals surface area contributed by atoms with Crippen molar-refractivity contribution in [3.05, 3.63) is 0 Å². The van der Waals surface area contributed by atoms with Gasteiger partial charge in [0.1, 0.15) is 19.3 Å². The largest absolute Gasteiger partial charge is 0.464 e. The van der Waals surface area contributed by atoms with Crippen molar-refractivity contribution in [2.45, 2.75) is 40.7 Å². The van der Waals surface area contributed by atoms with E-state index >= 15 is 0 Å². The summed E-state index contributed by atoms with van der Waals surface area (Å²) in [6.45, 7) is 9.99. The molecule has 0 spiro atoms. The number of carbonyl (C=O) groups is 2. The molecule has 0 aromatic rings. The van der Waals surface area contributed by atoms with Gasteiger partial charge in [-0.1, -0.05) is 35.4 Å². The van der Waals surface area contributed by atoms with Crippen LogP contribution in [-0.2, 0) is 19.1 Å². The second kappa shape index (κ2) is 10.3. The maximum atomic E-state index is 11.5. The van der Waals surface area contributed by atoms with Gasteiger partial charge >= 0.3 is 11.9 Å². The first kappa shape index (κ1) is 20.6. The molecule has 21 heavy (non-hydrogen) atoms. The fourth-order valence-electron chi connectivity index (χ4n) is 1.05. The third-order valence-corrected chi connectivity index (χ3v) is 4.83. The Balaban J connectivity index is 3.50. The molecule has 0 rings (SSSR count). The van der Waals surface area contributed by atoms with Gasteiger partial charge in [-0.15, -0.1) is 0 Å². The van der Waals surface area contributed by atoms with E-state index in [0.717, 1.165) is 0 Å². The minimum atomic E-state index is -0.556. The van der Waals surface area contributed by atoms with Crippen molar-refractivity contribution in [3.63, 3.8) is 0 Å². The highest BCUT2D eigenvalue weighted by Crippen LogP contribution is 2.21. The monoisotopic (exact) mass is 337 g/mol. The molecular weight excluding hydrogens is 310 g/mol. The molecule has 0 bridgehead atoms. The van der Waals surface area contributed by atoms with Gasteiger partial charge in [0.2, 0.25) is 0 Å². The molecule has 0 aromatic carbocycles. The fraction of sp³-hybridized carbons (Fsp3) is 0.857. The average Bonchev–Trinajstić information content (AvgIpc) is 2.38. The van der Waals surface area contributed by atoms with Crippen LogP contribution in [0.5, 0.6) is 0 Å². The lowest BCUT2D eigenvalue weighted by Gasteiger charge is -2.16. The van der Waals surface area contributed by atoms with Gasteiger partial charge < -0.3 is 15.2 Å². The molecule has 0 aliphatic carbocycles. The Labute approximate surface area is 135 Å². The van der Waals surface area contributed by atoms with E-state index in [0.29, 0.717) is 24.7 Å². The van der Waals surface area contributed by atoms with E-state index in [4.69, 9.17) is 15.2 Å². The lowest BCUT2D eigenvalue weighted by Crippen LogP contribution is -2.37. The van der Waals surface area contributed by atoms with Crippen molar-refractivity contribution in [3.8, 4) is 0 Å². The van der Waals surface area contributed by atoms with Gasteiger partial charge in [0.05, 0.1) is 5.41 Å². The molecule has 0 aliphatic rings. The third kappa shape index (κ3) is 10.0. The number of ether oxygens (including phenoxy) is 2. The summed E-state index contributed by atoms with van der Waals surface area (Å²) in [5, 5.41) is 0. The number of hydrogen-bond donors (Lipinski definition) is 1. The van der Waals surface area contributed by atoms with Crippen LogP contribution in [0.2, 0.25) is 0 Å². The first-order valence-corrected chi connectivity index (χ1v) is 9.49. The van der Waals surface area contributed by atoms with Crippen molar-refractivity contribution < 1.29 is 19.1 Å². The van der Waals surface area contributed by atoms with Crippen LogP contribution in [0.4, 0.5) is 0 Å². The highest BCUT2D eigenvalue weighted by molar-refractivity contribution is 8.76. The molecule has 0 amide bonds. The van der Waals surface area contributed by atoms with E-state index in [1.165, 1.54) is 0 Å². The lowest BCUT2D eigenvalue weighted by molar-refractivity contribution is -0.152. The number of esters is 2. The van der Waals surface area contributed by atoms with E-state index < -0.39 is 11.5 Å². The Hall–Kier alpha value is -0.400. The number of rotatable bonds is 9. The molecule has 0 fully saturated rings. The van der Waals surface area contributed by atoms with Gasteiger partial charge in [0.15, 0.2) is 0 Å². The molecule has 0 unspecified atom stereocenters. The minimum absolute atomic E-state index is 0.0806. The van der Waals surface area contributed by atoms with Crippen molar-refractivity contribution >= 4 is 33.5 Å². The van der Waals surface area contributed by atoms with E-state index in [-0.39, 0.29) is 17.9 Å². The van der Waals surface area contributed by atoms with E-state index in [1.54, 1.807) is 21.6 Å². The number of hydrogen-bond acceptors (Lipinski definition) is 7. The quantitative estimate of drug-likeness (QED) is 0.393. The van der Waals surface area contributed by atoms with Crippen molar-refractivity contribution in [2.24, 2.45) is 17.1 Å². The van der Waals surface area contributed by atoms with Crippen LogP contribution in [0.25, 0.3) is 0 Å². The molecule has 0 saturated carbocycles. The summed E-state index contributed by atoms with van der Waals surface area (Å²) in [5.41, 5.74) is 5.21. The van der Waals surface area contributed by atoms with Crippen LogP contribution < -0.4 is 5.73 Å². The van der Waals surface area contributed by atoms with Crippen LogP contribution in [0.3, 0.4) is 0 Å². The molecule has 1 atom stereocenters. The van der Waals surface area contributed by atoms with Gasteiger partial charge in [-0.05, 0) is 26.7 Å². The van der Waals surface area contributed by atoms with E-state index in [2.05, 4.69) is 0 Å². The molecule has 0 aliphatic heterocycles. The summed E-state index contributed by atoms with van der Waals surface area (Å²) in [6.07, 6.45) is 0. The summed E-state index contributed by atoms with van der Waals surface area (Å²) in [5.74, 6) is 0.942. The minimum Gasteiger partial charge on any atom is -0.464 e. The maximum absolute atomic E-state index is 11.5. The Morgan fingerprint density at radius 3 is 1.95 bits per heavy atom. The van der Waals surface area contributed by atoms with Crippen molar-refractivity contribution in [1.29, 1.82) is 0 Å². The van der Waals surface area contributed by atoms with Gasteiger partial charge in [0.25, 0.3) is 0 Å². The first-order valence-electron chi connectivity index (χ1n) is 7.00. The first-order chi connectivity index (χ1) is 9.66. The van der Waals surface area contributed by atoms with E-state index in [1.807, 2.05) is 34.6 Å². The van der Waals surface area contributed by atoms with Gasteiger partial charge in [-0.2, -0.15) is 0 Å². The van der Waals surface area contributed by atoms with Crippen LogP contribution in [-0.4, -0.2) is 42.7 Å². The summed E-state index contributed by atoms with van der Waals surface area (Å²) in [7, 11) is 3.17. The van der Waals surface area contributed by atoms with Gasteiger partial charge in [-0.3, -0.25) is 9.59 Å². The molecule has 0 radical (unpaired) electrons. The predicted molar refractivity (Wildman–Crippen MR) is 89.1 cm³/mol. The molecule has 2 N–H and O–H groups in total. The Morgan fingerprint density at radius 1 is 1.05 bits per heavy atom. The summed E-state index contributed by atoms with van der Waals surface area (Å²) in [6, 6.07) is -0.556. The van der Waals surface area contributed by atoms with Gasteiger partial charge in [0, 0.05) is 11.5 Å². The van der Waals surface area contributed by atoms with Crippen LogP contribution >= 0.6 is 21.6 Å². The van der Waals surface area contributed by atoms with Crippen molar-refractivity contribution in [1.82, 2.24) is 0 Å². The highest BCUT2D eigenvalue weighted by Gasteiger charge is 2.22. The number of nitrogens with two attached hydrogens (primary N) is 1. The summed E-state index contributed by atoms with van der Waals surface area (Å²) >= 11 is 0. The second-order valence-corrected chi connectivity index (χ2v) is 8.67. The molecule has 5 nitrogen and oxygen atoms in total. The molecule has 124 valence electrons. The topological polar surface area (TPSA) is 78.6 Å². The maximum Gasteiger partial charge on any atom is 0.323 e. The van der Waals surface area contributed by atoms with Crippen LogP contribution in [0.15, 0.2) is 0 Å². The zero-order valence-electron chi connectivity index (χ0n) is 13.5. The molecule has 0 saturated heterocycles. The summed E-state index contributed by atoms with van der Waals surface area (Å²) < 4.78 is 10.2. The van der Waals surface area contributed by atoms with Crippen molar-refractivity contribution in [2.75, 3.05) is 24.7 Å². The average molecular weight is 338 g/mol. The summed E-state index contributed by atoms with van der Waals surface area (Å²) in [4.78, 5) is 23.0. The zero-order valence-corrected chi connectivity index (χ0v) is 15.1. The molecule has 0 aromatic heterocycles. The fourth-order valence-corrected chi connectivity index (χ4v) is 2.70. The van der Waals surface area contributed by atoms with Crippen LogP contribution in [0.1, 0.15) is 34.6 Å². The van der Waals surface area contributed by atoms with Crippen LogP contribution in [0, 0.1) is 11.3 Å². The molecule has 7 heteroatoms. The Kier molecular flexibility index (Phi) is 10.1. The molecular formula is C14H27NO4S2. The standard InChI is InChI=1S/C14H27NO4S2/c1-10(2)11(15)12(16)18-6-8-20-21-9-7-19-13(17)14(3,4)5/h10-11H,6-9,15H2,1-5H3/t11-/m0/s1. The smallest absolute Gasteiger partial charge is 0.323 e. The number of carbonyl (C=O) groups excluding carboxylic acids is 2. The predicted octanol–water partition coefficient (Wildman–Crippen LogP) is 2.48.